The van der Waals surface area contributed by atoms with E-state index in [1.54, 1.807) is 0 Å². The standard InChI is InChI=1S/C7H14S/c1-4-7(3)5-8-6(7)2/h6H,4-5H2,1-3H3. The lowest BCUT2D eigenvalue weighted by atomic mass is 9.85. The normalized spacial score (nSPS) is 46.1. The van der Waals surface area contributed by atoms with Crippen LogP contribution in [-0.4, -0.2) is 11.0 Å². The molecular weight excluding hydrogens is 116 g/mol. The summed E-state index contributed by atoms with van der Waals surface area (Å²) in [5, 5.41) is 0.910. The Labute approximate surface area is 56.0 Å². The number of rotatable bonds is 1. The van der Waals surface area contributed by atoms with Gasteiger partial charge in [-0.3, -0.25) is 0 Å². The van der Waals surface area contributed by atoms with E-state index in [0.29, 0.717) is 5.41 Å². The fourth-order valence-corrected chi connectivity index (χ4v) is 2.36. The minimum Gasteiger partial charge on any atom is -0.158 e. The highest BCUT2D eigenvalue weighted by atomic mass is 32.2. The number of hydrogen-bond acceptors (Lipinski definition) is 1. The van der Waals surface area contributed by atoms with Crippen LogP contribution in [0.15, 0.2) is 0 Å². The molecule has 1 aliphatic heterocycles. The molecule has 0 aliphatic carbocycles. The fourth-order valence-electron chi connectivity index (χ4n) is 0.924. The first-order chi connectivity index (χ1) is 3.69. The molecule has 8 heavy (non-hydrogen) atoms. The Morgan fingerprint density at radius 2 is 2.38 bits per heavy atom. The van der Waals surface area contributed by atoms with E-state index in [9.17, 15) is 0 Å². The van der Waals surface area contributed by atoms with Gasteiger partial charge >= 0.3 is 0 Å². The molecule has 0 amide bonds. The van der Waals surface area contributed by atoms with E-state index in [2.05, 4.69) is 32.5 Å². The lowest BCUT2D eigenvalue weighted by molar-refractivity contribution is 0.329. The van der Waals surface area contributed by atoms with Crippen LogP contribution in [0.5, 0.6) is 0 Å². The van der Waals surface area contributed by atoms with Crippen LogP contribution in [0.4, 0.5) is 0 Å². The van der Waals surface area contributed by atoms with Crippen LogP contribution < -0.4 is 0 Å². The van der Waals surface area contributed by atoms with Crippen molar-refractivity contribution in [3.63, 3.8) is 0 Å². The second-order valence-corrected chi connectivity index (χ2v) is 4.29. The average Bonchev–Trinajstić information content (AvgIpc) is 1.83. The molecule has 1 aliphatic rings. The third kappa shape index (κ3) is 0.771. The summed E-state index contributed by atoms with van der Waals surface area (Å²) < 4.78 is 0. The highest BCUT2D eigenvalue weighted by Crippen LogP contribution is 2.47. The summed E-state index contributed by atoms with van der Waals surface area (Å²) >= 11 is 2.09. The van der Waals surface area contributed by atoms with Gasteiger partial charge in [0.05, 0.1) is 0 Å². The van der Waals surface area contributed by atoms with Crippen molar-refractivity contribution in [1.82, 2.24) is 0 Å². The second-order valence-electron chi connectivity index (χ2n) is 2.96. The molecule has 0 aromatic rings. The van der Waals surface area contributed by atoms with Crippen molar-refractivity contribution in [3.05, 3.63) is 0 Å². The maximum Gasteiger partial charge on any atom is 0.00805 e. The molecule has 1 fully saturated rings. The summed E-state index contributed by atoms with van der Waals surface area (Å²) in [7, 11) is 0. The van der Waals surface area contributed by atoms with E-state index in [-0.39, 0.29) is 0 Å². The molecular formula is C7H14S. The molecule has 0 spiro atoms. The van der Waals surface area contributed by atoms with Gasteiger partial charge in [0.1, 0.15) is 0 Å². The van der Waals surface area contributed by atoms with Gasteiger partial charge in [-0.25, -0.2) is 0 Å². The molecule has 1 heterocycles. The molecule has 2 unspecified atom stereocenters. The van der Waals surface area contributed by atoms with Crippen LogP contribution in [0.3, 0.4) is 0 Å². The quantitative estimate of drug-likeness (QED) is 0.525. The lowest BCUT2D eigenvalue weighted by Crippen LogP contribution is -2.39. The predicted octanol–water partition coefficient (Wildman–Crippen LogP) is 2.54. The SMILES string of the molecule is CCC1(C)CSC1C. The maximum atomic E-state index is 2.38. The molecule has 0 aromatic carbocycles. The molecule has 0 saturated carbocycles. The molecule has 0 bridgehead atoms. The van der Waals surface area contributed by atoms with E-state index < -0.39 is 0 Å². The van der Waals surface area contributed by atoms with Crippen molar-refractivity contribution in [2.24, 2.45) is 5.41 Å². The molecule has 0 radical (unpaired) electrons. The van der Waals surface area contributed by atoms with E-state index in [0.717, 1.165) is 5.25 Å². The number of thioether (sulfide) groups is 1. The van der Waals surface area contributed by atoms with Crippen LogP contribution in [0.1, 0.15) is 27.2 Å². The third-order valence-electron chi connectivity index (χ3n) is 2.45. The molecule has 1 rings (SSSR count). The van der Waals surface area contributed by atoms with Crippen molar-refractivity contribution < 1.29 is 0 Å². The zero-order chi connectivity index (χ0) is 6.20. The van der Waals surface area contributed by atoms with E-state index in [1.807, 2.05) is 0 Å². The van der Waals surface area contributed by atoms with Crippen LogP contribution in [-0.2, 0) is 0 Å². The van der Waals surface area contributed by atoms with Gasteiger partial charge < -0.3 is 0 Å². The Morgan fingerprint density at radius 3 is 2.38 bits per heavy atom. The first-order valence-corrected chi connectivity index (χ1v) is 4.35. The third-order valence-corrected chi connectivity index (χ3v) is 4.35. The van der Waals surface area contributed by atoms with Crippen molar-refractivity contribution in [2.75, 3.05) is 5.75 Å². The molecule has 1 heteroatoms. The highest BCUT2D eigenvalue weighted by molar-refractivity contribution is 8.01. The van der Waals surface area contributed by atoms with E-state index in [4.69, 9.17) is 0 Å². The number of hydrogen-bond donors (Lipinski definition) is 0. The Balaban J connectivity index is 2.42. The van der Waals surface area contributed by atoms with Crippen LogP contribution in [0, 0.1) is 5.41 Å². The van der Waals surface area contributed by atoms with Gasteiger partial charge in [0.15, 0.2) is 0 Å². The van der Waals surface area contributed by atoms with E-state index in [1.165, 1.54) is 12.2 Å². The molecule has 0 aromatic heterocycles. The summed E-state index contributed by atoms with van der Waals surface area (Å²) in [6.07, 6.45) is 1.35. The highest BCUT2D eigenvalue weighted by Gasteiger charge is 2.38. The van der Waals surface area contributed by atoms with E-state index >= 15 is 0 Å². The van der Waals surface area contributed by atoms with Crippen LogP contribution in [0.2, 0.25) is 0 Å². The monoisotopic (exact) mass is 130 g/mol. The molecule has 2 atom stereocenters. The van der Waals surface area contributed by atoms with Crippen molar-refractivity contribution in [1.29, 1.82) is 0 Å². The Kier molecular flexibility index (Phi) is 1.57. The summed E-state index contributed by atoms with van der Waals surface area (Å²) in [6, 6.07) is 0. The second kappa shape index (κ2) is 1.94. The first-order valence-electron chi connectivity index (χ1n) is 3.30. The summed E-state index contributed by atoms with van der Waals surface area (Å²) in [4.78, 5) is 0. The summed E-state index contributed by atoms with van der Waals surface area (Å²) in [5.74, 6) is 1.38. The Morgan fingerprint density at radius 1 is 1.75 bits per heavy atom. The molecule has 1 saturated heterocycles. The topological polar surface area (TPSA) is 0 Å². The predicted molar refractivity (Wildman–Crippen MR) is 40.3 cm³/mol. The van der Waals surface area contributed by atoms with Gasteiger partial charge in [0, 0.05) is 5.25 Å². The molecule has 48 valence electrons. The van der Waals surface area contributed by atoms with Gasteiger partial charge in [-0.15, -0.1) is 0 Å². The Bertz CT molecular complexity index is 86.4. The smallest absolute Gasteiger partial charge is 0.00805 e. The van der Waals surface area contributed by atoms with Crippen LogP contribution >= 0.6 is 11.8 Å². The van der Waals surface area contributed by atoms with Crippen molar-refractivity contribution in [2.45, 2.75) is 32.4 Å². The van der Waals surface area contributed by atoms with Gasteiger partial charge in [-0.05, 0) is 17.6 Å². The first kappa shape index (κ1) is 6.47. The van der Waals surface area contributed by atoms with Gasteiger partial charge in [0.2, 0.25) is 0 Å². The minimum atomic E-state index is 0.685. The fraction of sp³-hybridized carbons (Fsp3) is 1.00. The van der Waals surface area contributed by atoms with Gasteiger partial charge in [0.25, 0.3) is 0 Å². The largest absolute Gasteiger partial charge is 0.158 e. The maximum absolute atomic E-state index is 2.38. The van der Waals surface area contributed by atoms with Crippen LogP contribution in [0.25, 0.3) is 0 Å². The minimum absolute atomic E-state index is 0.685. The van der Waals surface area contributed by atoms with Crippen molar-refractivity contribution in [3.8, 4) is 0 Å². The molecule has 0 N–H and O–H groups in total. The Hall–Kier alpha value is 0.350. The van der Waals surface area contributed by atoms with Gasteiger partial charge in [-0.1, -0.05) is 20.8 Å². The van der Waals surface area contributed by atoms with Crippen molar-refractivity contribution >= 4 is 11.8 Å². The lowest BCUT2D eigenvalue weighted by Gasteiger charge is -2.44. The zero-order valence-corrected chi connectivity index (χ0v) is 6.72. The average molecular weight is 130 g/mol. The van der Waals surface area contributed by atoms with Gasteiger partial charge in [-0.2, -0.15) is 11.8 Å². The molecule has 0 nitrogen and oxygen atoms in total. The summed E-state index contributed by atoms with van der Waals surface area (Å²) in [5.41, 5.74) is 0.685. The summed E-state index contributed by atoms with van der Waals surface area (Å²) in [6.45, 7) is 7.00. The zero-order valence-electron chi connectivity index (χ0n) is 5.90.